The van der Waals surface area contributed by atoms with E-state index in [2.05, 4.69) is 21.3 Å². The maximum atomic E-state index is 12.3. The van der Waals surface area contributed by atoms with Crippen LogP contribution >= 0.6 is 22.7 Å². The second-order valence-corrected chi connectivity index (χ2v) is 8.35. The van der Waals surface area contributed by atoms with Gasteiger partial charge in [0.25, 0.3) is 0 Å². The van der Waals surface area contributed by atoms with Crippen molar-refractivity contribution < 1.29 is 14.3 Å². The highest BCUT2D eigenvalue weighted by Gasteiger charge is 2.28. The number of nitrogens with zero attached hydrogens (tertiary/aromatic N) is 3. The van der Waals surface area contributed by atoms with Crippen molar-refractivity contribution >= 4 is 44.7 Å². The van der Waals surface area contributed by atoms with Crippen LogP contribution in [0.15, 0.2) is 17.5 Å². The molecule has 4 heterocycles. The van der Waals surface area contributed by atoms with Gasteiger partial charge in [0.1, 0.15) is 27.5 Å². The third kappa shape index (κ3) is 3.44. The van der Waals surface area contributed by atoms with E-state index in [4.69, 9.17) is 14.5 Å². The maximum Gasteiger partial charge on any atom is 0.348 e. The Bertz CT molecular complexity index is 968. The van der Waals surface area contributed by atoms with E-state index in [0.717, 1.165) is 34.7 Å². The molecule has 3 aromatic rings. The van der Waals surface area contributed by atoms with E-state index in [1.54, 1.807) is 11.3 Å². The summed E-state index contributed by atoms with van der Waals surface area (Å²) in [6, 6.07) is 4.15. The Labute approximate surface area is 165 Å². The average Bonchev–Trinajstić information content (AvgIpc) is 3.30. The zero-order chi connectivity index (χ0) is 19.0. The lowest BCUT2D eigenvalue weighted by Crippen LogP contribution is -2.38. The molecule has 8 heteroatoms. The van der Waals surface area contributed by atoms with Crippen molar-refractivity contribution in [1.82, 2.24) is 9.97 Å². The number of ether oxygens (including phenoxy) is 2. The smallest absolute Gasteiger partial charge is 0.348 e. The summed E-state index contributed by atoms with van der Waals surface area (Å²) in [6.45, 7) is 8.14. The molecule has 0 radical (unpaired) electrons. The number of rotatable bonds is 4. The van der Waals surface area contributed by atoms with Crippen molar-refractivity contribution in [3.63, 3.8) is 0 Å². The summed E-state index contributed by atoms with van der Waals surface area (Å²) in [5, 5.41) is 3.01. The van der Waals surface area contributed by atoms with Crippen molar-refractivity contribution in [3.8, 4) is 0 Å². The molecule has 1 unspecified atom stereocenters. The minimum atomic E-state index is -0.292. The number of anilines is 1. The molecular formula is C19H21N3O3S2. The van der Waals surface area contributed by atoms with Crippen molar-refractivity contribution in [2.75, 3.05) is 31.2 Å². The number of carbonyl (C=O) groups is 1. The number of esters is 1. The zero-order valence-electron chi connectivity index (χ0n) is 15.5. The van der Waals surface area contributed by atoms with Gasteiger partial charge in [0.15, 0.2) is 0 Å². The normalized spacial score (nSPS) is 17.4. The molecule has 1 aliphatic rings. The monoisotopic (exact) mass is 403 g/mol. The molecule has 0 amide bonds. The Morgan fingerprint density at radius 1 is 1.41 bits per heavy atom. The molecule has 0 N–H and O–H groups in total. The summed E-state index contributed by atoms with van der Waals surface area (Å²) >= 11 is 3.09. The topological polar surface area (TPSA) is 64.5 Å². The zero-order valence-corrected chi connectivity index (χ0v) is 17.2. The molecule has 1 aliphatic heterocycles. The molecule has 1 atom stereocenters. The lowest BCUT2D eigenvalue weighted by Gasteiger charge is -2.33. The highest BCUT2D eigenvalue weighted by atomic mass is 32.1. The SMILES string of the molecule is CCOC(=O)c1sc2nc(C)nc(N3CCOC(c4cccs4)C3)c2c1C. The predicted molar refractivity (Wildman–Crippen MR) is 108 cm³/mol. The fourth-order valence-corrected chi connectivity index (χ4v) is 5.21. The Morgan fingerprint density at radius 2 is 2.26 bits per heavy atom. The van der Waals surface area contributed by atoms with Gasteiger partial charge in [-0.3, -0.25) is 0 Å². The largest absolute Gasteiger partial charge is 0.462 e. The highest BCUT2D eigenvalue weighted by Crippen LogP contribution is 2.37. The van der Waals surface area contributed by atoms with E-state index in [1.807, 2.05) is 26.8 Å². The summed E-state index contributed by atoms with van der Waals surface area (Å²) in [6.07, 6.45) is 0.0348. The van der Waals surface area contributed by atoms with Crippen LogP contribution in [0.25, 0.3) is 10.2 Å². The van der Waals surface area contributed by atoms with Gasteiger partial charge >= 0.3 is 5.97 Å². The first kappa shape index (κ1) is 18.3. The molecule has 4 rings (SSSR count). The standard InChI is InChI=1S/C19H21N3O3S2/c1-4-24-19(23)16-11(2)15-17(20-12(3)21-18(15)27-16)22-7-8-25-13(10-22)14-6-5-9-26-14/h5-6,9,13H,4,7-8,10H2,1-3H3. The minimum absolute atomic E-state index is 0.0348. The Balaban J connectivity index is 1.75. The lowest BCUT2D eigenvalue weighted by atomic mass is 10.1. The summed E-state index contributed by atoms with van der Waals surface area (Å²) < 4.78 is 11.2. The van der Waals surface area contributed by atoms with Crippen LogP contribution in [-0.4, -0.2) is 42.2 Å². The van der Waals surface area contributed by atoms with E-state index in [9.17, 15) is 4.79 Å². The number of fused-ring (bicyclic) bond motifs is 1. The number of carbonyl (C=O) groups excluding carboxylic acids is 1. The fraction of sp³-hybridized carbons (Fsp3) is 0.421. The van der Waals surface area contributed by atoms with Gasteiger partial charge in [-0.05, 0) is 37.8 Å². The molecule has 1 fully saturated rings. The van der Waals surface area contributed by atoms with Gasteiger partial charge in [0, 0.05) is 11.4 Å². The van der Waals surface area contributed by atoms with Gasteiger partial charge in [0.05, 0.1) is 25.1 Å². The van der Waals surface area contributed by atoms with Gasteiger partial charge in [-0.2, -0.15) is 0 Å². The van der Waals surface area contributed by atoms with Gasteiger partial charge in [-0.1, -0.05) is 6.07 Å². The van der Waals surface area contributed by atoms with Crippen LogP contribution in [0.3, 0.4) is 0 Å². The number of morpholine rings is 1. The Kier molecular flexibility index (Phi) is 5.12. The number of hydrogen-bond acceptors (Lipinski definition) is 8. The van der Waals surface area contributed by atoms with Crippen molar-refractivity contribution in [3.05, 3.63) is 38.7 Å². The van der Waals surface area contributed by atoms with E-state index < -0.39 is 0 Å². The Morgan fingerprint density at radius 3 is 3.00 bits per heavy atom. The molecule has 0 spiro atoms. The van der Waals surface area contributed by atoms with Crippen LogP contribution in [0, 0.1) is 13.8 Å². The van der Waals surface area contributed by atoms with Gasteiger partial charge in [-0.15, -0.1) is 22.7 Å². The quantitative estimate of drug-likeness (QED) is 0.611. The second kappa shape index (κ2) is 7.53. The van der Waals surface area contributed by atoms with Crippen LogP contribution < -0.4 is 4.90 Å². The first-order chi connectivity index (χ1) is 13.1. The van der Waals surface area contributed by atoms with Crippen molar-refractivity contribution in [1.29, 1.82) is 0 Å². The van der Waals surface area contributed by atoms with Crippen molar-refractivity contribution in [2.24, 2.45) is 0 Å². The predicted octanol–water partition coefficient (Wildman–Crippen LogP) is 4.12. The fourth-order valence-electron chi connectivity index (χ4n) is 3.33. The van der Waals surface area contributed by atoms with Gasteiger partial charge in [0.2, 0.25) is 0 Å². The molecule has 0 aliphatic carbocycles. The van der Waals surface area contributed by atoms with Gasteiger partial charge < -0.3 is 14.4 Å². The van der Waals surface area contributed by atoms with E-state index in [-0.39, 0.29) is 12.1 Å². The van der Waals surface area contributed by atoms with E-state index in [0.29, 0.717) is 23.9 Å². The van der Waals surface area contributed by atoms with Crippen LogP contribution in [0.5, 0.6) is 0 Å². The molecule has 0 bridgehead atoms. The first-order valence-electron chi connectivity index (χ1n) is 8.93. The minimum Gasteiger partial charge on any atom is -0.462 e. The van der Waals surface area contributed by atoms with E-state index >= 15 is 0 Å². The van der Waals surface area contributed by atoms with Crippen LogP contribution in [-0.2, 0) is 9.47 Å². The molecule has 1 saturated heterocycles. The van der Waals surface area contributed by atoms with Crippen LogP contribution in [0.4, 0.5) is 5.82 Å². The summed E-state index contributed by atoms with van der Waals surface area (Å²) in [5.74, 6) is 1.29. The molecular weight excluding hydrogens is 382 g/mol. The number of aryl methyl sites for hydroxylation is 2. The lowest BCUT2D eigenvalue weighted by molar-refractivity contribution is 0.0419. The molecule has 3 aromatic heterocycles. The molecule has 6 nitrogen and oxygen atoms in total. The summed E-state index contributed by atoms with van der Waals surface area (Å²) in [4.78, 5) is 26.5. The summed E-state index contributed by atoms with van der Waals surface area (Å²) in [5.41, 5.74) is 0.891. The molecule has 142 valence electrons. The van der Waals surface area contributed by atoms with Crippen LogP contribution in [0.2, 0.25) is 0 Å². The molecule has 0 aromatic carbocycles. The molecule has 0 saturated carbocycles. The molecule has 27 heavy (non-hydrogen) atoms. The second-order valence-electron chi connectivity index (χ2n) is 6.37. The third-order valence-electron chi connectivity index (χ3n) is 4.57. The van der Waals surface area contributed by atoms with E-state index in [1.165, 1.54) is 16.2 Å². The third-order valence-corrected chi connectivity index (χ3v) is 6.70. The first-order valence-corrected chi connectivity index (χ1v) is 10.6. The van der Waals surface area contributed by atoms with Crippen molar-refractivity contribution in [2.45, 2.75) is 26.9 Å². The Hall–Kier alpha value is -2.03. The maximum absolute atomic E-state index is 12.3. The number of aromatic nitrogens is 2. The van der Waals surface area contributed by atoms with Crippen LogP contribution in [0.1, 0.15) is 39.0 Å². The van der Waals surface area contributed by atoms with Gasteiger partial charge in [-0.25, -0.2) is 14.8 Å². The number of hydrogen-bond donors (Lipinski definition) is 0. The highest BCUT2D eigenvalue weighted by molar-refractivity contribution is 7.20. The summed E-state index contributed by atoms with van der Waals surface area (Å²) in [7, 11) is 0. The number of thiophene rings is 2. The average molecular weight is 404 g/mol.